The molecule has 1 fully saturated rings. The number of ether oxygens (including phenoxy) is 2. The minimum Gasteiger partial charge on any atom is -0.400 e. The van der Waals surface area contributed by atoms with Crippen LogP contribution in [0.4, 0.5) is 0 Å². The number of aliphatic hydroxyl groups excluding tert-OH is 1. The Balaban J connectivity index is 0.00000265. The van der Waals surface area contributed by atoms with Crippen molar-refractivity contribution in [2.45, 2.75) is 51.8 Å². The van der Waals surface area contributed by atoms with Crippen LogP contribution >= 0.6 is 0 Å². The van der Waals surface area contributed by atoms with Gasteiger partial charge in [0.25, 0.3) is 5.91 Å². The zero-order valence-corrected chi connectivity index (χ0v) is 19.9. The van der Waals surface area contributed by atoms with E-state index in [4.69, 9.17) is 19.1 Å². The number of Topliss-reactive ketones (excluding diaryl/α,β-unsaturated/α-hetero) is 1. The van der Waals surface area contributed by atoms with E-state index in [0.29, 0.717) is 18.8 Å². The van der Waals surface area contributed by atoms with Gasteiger partial charge < -0.3 is 35.1 Å². The summed E-state index contributed by atoms with van der Waals surface area (Å²) < 4.78 is 15.0. The first-order valence-corrected chi connectivity index (χ1v) is 10.5. The smallest absolute Gasteiger partial charge is 0.274 e. The molecule has 2 rings (SSSR count). The van der Waals surface area contributed by atoms with Gasteiger partial charge in [0.2, 0.25) is 11.8 Å². The number of aromatic nitrogens is 1. The third-order valence-corrected chi connectivity index (χ3v) is 4.70. The molecule has 4 N–H and O–H groups in total. The van der Waals surface area contributed by atoms with Crippen molar-refractivity contribution in [3.63, 3.8) is 0 Å². The average Bonchev–Trinajstić information content (AvgIpc) is 3.37. The Hall–Kier alpha value is -2.83. The molecule has 0 saturated carbocycles. The Bertz CT molecular complexity index is 819. The lowest BCUT2D eigenvalue weighted by Gasteiger charge is -2.22. The van der Waals surface area contributed by atoms with E-state index in [1.54, 1.807) is 13.8 Å². The van der Waals surface area contributed by atoms with Crippen LogP contribution in [-0.2, 0) is 23.9 Å². The van der Waals surface area contributed by atoms with Crippen molar-refractivity contribution >= 4 is 23.5 Å². The summed E-state index contributed by atoms with van der Waals surface area (Å²) >= 11 is 0. The minimum absolute atomic E-state index is 0.0231. The lowest BCUT2D eigenvalue weighted by molar-refractivity contribution is -0.131. The van der Waals surface area contributed by atoms with Gasteiger partial charge in [-0.1, -0.05) is 19.0 Å². The second-order valence-electron chi connectivity index (χ2n) is 8.16. The van der Waals surface area contributed by atoms with Gasteiger partial charge in [-0.2, -0.15) is 0 Å². The van der Waals surface area contributed by atoms with Crippen LogP contribution < -0.4 is 16.0 Å². The fourth-order valence-corrected chi connectivity index (χ4v) is 2.91. The van der Waals surface area contributed by atoms with Gasteiger partial charge in [-0.15, -0.1) is 0 Å². The number of ketones is 1. The first-order chi connectivity index (χ1) is 15.6. The summed E-state index contributed by atoms with van der Waals surface area (Å²) in [7, 11) is 2.38. The number of rotatable bonds is 12. The van der Waals surface area contributed by atoms with Crippen LogP contribution in [0.5, 0.6) is 0 Å². The van der Waals surface area contributed by atoms with Crippen molar-refractivity contribution in [3.8, 4) is 0 Å². The number of aliphatic hydroxyl groups is 1. The molecule has 1 aromatic heterocycles. The first-order valence-electron chi connectivity index (χ1n) is 10.5. The fraction of sp³-hybridized carbons (Fsp3) is 0.667. The van der Waals surface area contributed by atoms with Crippen LogP contribution in [0.15, 0.2) is 10.6 Å². The molecule has 0 spiro atoms. The van der Waals surface area contributed by atoms with Gasteiger partial charge in [0, 0.05) is 20.3 Å². The van der Waals surface area contributed by atoms with Crippen molar-refractivity contribution in [1.82, 2.24) is 21.1 Å². The molecule has 186 valence electrons. The molecule has 1 aromatic rings. The maximum absolute atomic E-state index is 12.6. The van der Waals surface area contributed by atoms with Crippen molar-refractivity contribution in [1.29, 1.82) is 0 Å². The molecule has 12 nitrogen and oxygen atoms in total. The zero-order chi connectivity index (χ0) is 25.2. The molecule has 1 aliphatic rings. The van der Waals surface area contributed by atoms with Gasteiger partial charge in [-0.25, -0.2) is 0 Å². The lowest BCUT2D eigenvalue weighted by Crippen LogP contribution is -2.53. The monoisotopic (exact) mass is 470 g/mol. The maximum Gasteiger partial charge on any atom is 0.274 e. The normalized spacial score (nSPS) is 18.4. The highest BCUT2D eigenvalue weighted by molar-refractivity contribution is 5.98. The Morgan fingerprint density at radius 2 is 1.85 bits per heavy atom. The Kier molecular flexibility index (Phi) is 11.1. The van der Waals surface area contributed by atoms with Crippen LogP contribution in [0.2, 0.25) is 0 Å². The van der Waals surface area contributed by atoms with Crippen molar-refractivity contribution in [3.05, 3.63) is 17.5 Å². The van der Waals surface area contributed by atoms with Crippen LogP contribution in [0, 0.1) is 12.8 Å². The predicted octanol–water partition coefficient (Wildman–Crippen LogP) is -0.659. The summed E-state index contributed by atoms with van der Waals surface area (Å²) in [5.41, 5.74) is -0.835. The van der Waals surface area contributed by atoms with Gasteiger partial charge in [0.1, 0.15) is 17.4 Å². The maximum atomic E-state index is 12.6. The molecule has 0 aromatic carbocycles. The van der Waals surface area contributed by atoms with Gasteiger partial charge in [0.05, 0.1) is 25.8 Å². The van der Waals surface area contributed by atoms with Crippen molar-refractivity contribution in [2.24, 2.45) is 5.92 Å². The number of amides is 3. The van der Waals surface area contributed by atoms with Gasteiger partial charge >= 0.3 is 0 Å². The van der Waals surface area contributed by atoms with E-state index < -0.39 is 35.4 Å². The first kappa shape index (κ1) is 28.2. The fourth-order valence-electron chi connectivity index (χ4n) is 2.91. The number of carbonyl (C=O) groups excluding carboxylic acids is 4. The molecule has 2 heterocycles. The van der Waals surface area contributed by atoms with E-state index >= 15 is 0 Å². The van der Waals surface area contributed by atoms with Gasteiger partial charge in [-0.05, 0) is 26.2 Å². The van der Waals surface area contributed by atoms with Crippen LogP contribution in [0.25, 0.3) is 0 Å². The molecule has 1 aliphatic heterocycles. The predicted molar refractivity (Wildman–Crippen MR) is 116 cm³/mol. The molecule has 1 saturated heterocycles. The van der Waals surface area contributed by atoms with Crippen molar-refractivity contribution in [2.75, 3.05) is 34.0 Å². The largest absolute Gasteiger partial charge is 0.400 e. The number of hydrogen-bond donors (Lipinski definition) is 4. The SMILES string of the molecule is CO.COC[C@H](NC(=O)c1cc(C)on1)C(=O)NCC(=O)N[C@@H](CC(C)C)C(=O)[C@@]1(C)CO1. The molecule has 3 atom stereocenters. The van der Waals surface area contributed by atoms with Gasteiger partial charge in [0.15, 0.2) is 11.5 Å². The summed E-state index contributed by atoms with van der Waals surface area (Å²) in [6.45, 7) is 7.06. The van der Waals surface area contributed by atoms with E-state index in [-0.39, 0.29) is 30.5 Å². The Labute approximate surface area is 192 Å². The molecule has 33 heavy (non-hydrogen) atoms. The summed E-state index contributed by atoms with van der Waals surface area (Å²) in [5.74, 6) is -1.31. The van der Waals surface area contributed by atoms with Crippen LogP contribution in [0.3, 0.4) is 0 Å². The van der Waals surface area contributed by atoms with E-state index in [1.807, 2.05) is 13.8 Å². The molecular weight excluding hydrogens is 436 g/mol. The average molecular weight is 471 g/mol. The quantitative estimate of drug-likeness (QED) is 0.289. The molecule has 0 unspecified atom stereocenters. The summed E-state index contributed by atoms with van der Waals surface area (Å²) in [6.07, 6.45) is 0.455. The summed E-state index contributed by atoms with van der Waals surface area (Å²) in [4.78, 5) is 49.6. The van der Waals surface area contributed by atoms with Crippen LogP contribution in [0.1, 0.15) is 43.4 Å². The van der Waals surface area contributed by atoms with Crippen molar-refractivity contribution < 1.29 is 38.3 Å². The third-order valence-electron chi connectivity index (χ3n) is 4.70. The number of hydrogen-bond acceptors (Lipinski definition) is 9. The molecule has 0 radical (unpaired) electrons. The Morgan fingerprint density at radius 1 is 1.21 bits per heavy atom. The highest BCUT2D eigenvalue weighted by atomic mass is 16.6. The number of carbonyl (C=O) groups is 4. The molecule has 0 bridgehead atoms. The molecule has 3 amide bonds. The van der Waals surface area contributed by atoms with E-state index in [0.717, 1.165) is 7.11 Å². The topological polar surface area (TPSA) is 172 Å². The van der Waals surface area contributed by atoms with E-state index in [2.05, 4.69) is 21.1 Å². The summed E-state index contributed by atoms with van der Waals surface area (Å²) in [6, 6.07) is -0.323. The second-order valence-corrected chi connectivity index (χ2v) is 8.16. The molecular formula is C21H34N4O8. The summed E-state index contributed by atoms with van der Waals surface area (Å²) in [5, 5.41) is 18.2. The molecule has 0 aliphatic carbocycles. The number of epoxide rings is 1. The highest BCUT2D eigenvalue weighted by Crippen LogP contribution is 2.29. The third kappa shape index (κ3) is 8.91. The second kappa shape index (κ2) is 13.0. The standard InChI is InChI=1S/C20H30N4O7.CH4O/c1-11(2)6-13(17(26)20(4)10-30-20)22-16(25)8-21-18(27)15(9-29-5)23-19(28)14-7-12(3)31-24-14;1-2/h7,11,13,15H,6,8-10H2,1-5H3,(H,21,27)(H,22,25)(H,23,28);2H,1H3/t13-,15-,20+;/m0./s1. The van der Waals surface area contributed by atoms with Gasteiger partial charge in [-0.3, -0.25) is 19.2 Å². The highest BCUT2D eigenvalue weighted by Gasteiger charge is 2.50. The lowest BCUT2D eigenvalue weighted by atomic mass is 9.93. The number of aryl methyl sites for hydroxylation is 1. The Morgan fingerprint density at radius 3 is 2.33 bits per heavy atom. The number of nitrogens with zero attached hydrogens (tertiary/aromatic N) is 1. The number of nitrogens with one attached hydrogen (secondary N) is 3. The van der Waals surface area contributed by atoms with E-state index in [1.165, 1.54) is 13.2 Å². The molecule has 12 heteroatoms. The zero-order valence-electron chi connectivity index (χ0n) is 19.9. The minimum atomic E-state index is -1.05. The van der Waals surface area contributed by atoms with E-state index in [9.17, 15) is 19.2 Å². The van der Waals surface area contributed by atoms with Crippen LogP contribution in [-0.4, -0.2) is 85.4 Å². The number of methoxy groups -OCH3 is 1.